The van der Waals surface area contributed by atoms with Gasteiger partial charge in [-0.05, 0) is 38.0 Å². The summed E-state index contributed by atoms with van der Waals surface area (Å²) < 4.78 is 1.72. The minimum Gasteiger partial charge on any atom is -0.367 e. The van der Waals surface area contributed by atoms with Crippen LogP contribution < -0.4 is 21.5 Å². The van der Waals surface area contributed by atoms with Gasteiger partial charge in [-0.1, -0.05) is 0 Å². The lowest BCUT2D eigenvalue weighted by Gasteiger charge is -2.42. The lowest BCUT2D eigenvalue weighted by molar-refractivity contribution is 0.0958. The monoisotopic (exact) mass is 454 g/mol. The van der Waals surface area contributed by atoms with Crippen molar-refractivity contribution in [3.8, 4) is 0 Å². The van der Waals surface area contributed by atoms with Crippen molar-refractivity contribution in [3.63, 3.8) is 0 Å². The molecule has 3 aromatic rings. The molecule has 0 spiro atoms. The second-order valence-corrected chi connectivity index (χ2v) is 9.73. The Hall–Kier alpha value is -2.98. The van der Waals surface area contributed by atoms with Crippen LogP contribution in [0.15, 0.2) is 27.8 Å². The van der Waals surface area contributed by atoms with Crippen LogP contribution in [0, 0.1) is 6.92 Å². The number of H-pyrrole nitrogens is 1. The number of rotatable bonds is 4. The maximum Gasteiger partial charge on any atom is 0.328 e. The number of nitrogens with one attached hydrogen (secondary N) is 2. The largest absolute Gasteiger partial charge is 0.367 e. The van der Waals surface area contributed by atoms with Crippen LogP contribution in [0.25, 0.3) is 10.2 Å². The van der Waals surface area contributed by atoms with E-state index in [0.29, 0.717) is 28.0 Å². The number of fused-ring (bicyclic) bond motifs is 3. The van der Waals surface area contributed by atoms with Crippen LogP contribution in [0.2, 0.25) is 0 Å². The molecule has 5 rings (SSSR count). The molecule has 2 atom stereocenters. The second kappa shape index (κ2) is 7.86. The first-order valence-corrected chi connectivity index (χ1v) is 11.6. The molecule has 10 heteroatoms. The quantitative estimate of drug-likeness (QED) is 0.614. The first kappa shape index (κ1) is 20.9. The third-order valence-corrected chi connectivity index (χ3v) is 7.77. The van der Waals surface area contributed by atoms with Crippen molar-refractivity contribution in [1.29, 1.82) is 0 Å². The number of amides is 1. The molecule has 2 bridgehead atoms. The molecule has 2 unspecified atom stereocenters. The van der Waals surface area contributed by atoms with Crippen LogP contribution in [-0.4, -0.2) is 57.6 Å². The van der Waals surface area contributed by atoms with Gasteiger partial charge in [0.15, 0.2) is 0 Å². The van der Waals surface area contributed by atoms with E-state index in [4.69, 9.17) is 0 Å². The van der Waals surface area contributed by atoms with Crippen LogP contribution in [0.5, 0.6) is 0 Å². The Labute approximate surface area is 188 Å². The maximum atomic E-state index is 12.4. The molecule has 9 nitrogen and oxygen atoms in total. The topological polar surface area (TPSA) is 103 Å². The van der Waals surface area contributed by atoms with Gasteiger partial charge in [0.1, 0.15) is 10.4 Å². The minimum absolute atomic E-state index is 0.177. The zero-order chi connectivity index (χ0) is 22.6. The summed E-state index contributed by atoms with van der Waals surface area (Å²) >= 11 is 1.47. The van der Waals surface area contributed by atoms with Crippen molar-refractivity contribution >= 4 is 33.1 Å². The lowest BCUT2D eigenvalue weighted by Crippen LogP contribution is -2.53. The third-order valence-electron chi connectivity index (χ3n) is 6.66. The predicted octanol–water partition coefficient (Wildman–Crippen LogP) is 1.20. The third kappa shape index (κ3) is 3.43. The zero-order valence-corrected chi connectivity index (χ0v) is 19.2. The molecule has 2 N–H and O–H groups in total. The average Bonchev–Trinajstić information content (AvgIpc) is 3.27. The molecule has 0 aromatic carbocycles. The molecule has 2 fully saturated rings. The van der Waals surface area contributed by atoms with E-state index in [9.17, 15) is 14.4 Å². The highest BCUT2D eigenvalue weighted by molar-refractivity contribution is 7.18. The first-order chi connectivity index (χ1) is 15.4. The Morgan fingerprint density at radius 3 is 2.62 bits per heavy atom. The second-order valence-electron chi connectivity index (χ2n) is 8.59. The number of carbonyl (C=O) groups excluding carboxylic acids is 1. The van der Waals surface area contributed by atoms with E-state index in [1.807, 2.05) is 19.1 Å². The van der Waals surface area contributed by atoms with E-state index in [1.54, 1.807) is 13.1 Å². The Kier molecular flexibility index (Phi) is 5.13. The summed E-state index contributed by atoms with van der Waals surface area (Å²) in [5.41, 5.74) is 2.38. The average molecular weight is 455 g/mol. The first-order valence-electron chi connectivity index (χ1n) is 10.8. The van der Waals surface area contributed by atoms with E-state index < -0.39 is 0 Å². The van der Waals surface area contributed by atoms with Gasteiger partial charge in [0.05, 0.1) is 16.9 Å². The maximum absolute atomic E-state index is 12.4. The Balaban J connectivity index is 1.36. The highest BCUT2D eigenvalue weighted by Gasteiger charge is 2.40. The number of nitrogens with zero attached hydrogens (tertiary/aromatic N) is 4. The Morgan fingerprint density at radius 1 is 1.25 bits per heavy atom. The van der Waals surface area contributed by atoms with Crippen molar-refractivity contribution in [2.24, 2.45) is 7.05 Å². The van der Waals surface area contributed by atoms with Crippen LogP contribution in [0.4, 0.5) is 5.69 Å². The summed E-state index contributed by atoms with van der Waals surface area (Å²) in [5.74, 6) is -0.177. The van der Waals surface area contributed by atoms with Gasteiger partial charge < -0.3 is 15.2 Å². The number of aromatic amines is 1. The zero-order valence-electron chi connectivity index (χ0n) is 18.3. The number of carbonyl (C=O) groups is 1. The van der Waals surface area contributed by atoms with Gasteiger partial charge in [0.25, 0.3) is 11.5 Å². The number of hydrogen-bond acceptors (Lipinski definition) is 7. The smallest absolute Gasteiger partial charge is 0.328 e. The van der Waals surface area contributed by atoms with Gasteiger partial charge in [-0.15, -0.1) is 11.3 Å². The normalized spacial score (nSPS) is 20.8. The minimum atomic E-state index is -0.382. The Morgan fingerprint density at radius 2 is 1.97 bits per heavy atom. The summed E-state index contributed by atoms with van der Waals surface area (Å²) in [6.45, 7) is 4.54. The lowest BCUT2D eigenvalue weighted by atomic mass is 10.1. The molecule has 5 heterocycles. The van der Waals surface area contributed by atoms with Crippen LogP contribution in [-0.2, 0) is 13.6 Å². The fraction of sp³-hybridized carbons (Fsp3) is 0.455. The molecule has 2 saturated heterocycles. The molecule has 0 saturated carbocycles. The highest BCUT2D eigenvalue weighted by Crippen LogP contribution is 2.35. The molecule has 32 heavy (non-hydrogen) atoms. The van der Waals surface area contributed by atoms with E-state index >= 15 is 0 Å². The van der Waals surface area contributed by atoms with Gasteiger partial charge in [-0.3, -0.25) is 19.1 Å². The number of anilines is 1. The summed E-state index contributed by atoms with van der Waals surface area (Å²) in [7, 11) is 3.10. The molecule has 168 valence electrons. The van der Waals surface area contributed by atoms with Gasteiger partial charge in [0.2, 0.25) is 0 Å². The summed E-state index contributed by atoms with van der Waals surface area (Å²) in [5, 5.41) is 2.62. The standard InChI is InChI=1S/C22H26N6O3S/c1-12-18(7-6-16(24-12)20(29)23-2)27-9-13-4-5-14(10-27)28(13)11-15-8-17-19(32-15)21(30)26(3)22(31)25-17/h6-8,13-14H,4-5,9-11H2,1-3H3,(H,23,29)(H,25,31). The van der Waals surface area contributed by atoms with E-state index in [-0.39, 0.29) is 17.2 Å². The fourth-order valence-corrected chi connectivity index (χ4v) is 6.08. The van der Waals surface area contributed by atoms with Gasteiger partial charge >= 0.3 is 5.69 Å². The number of thiophene rings is 1. The molecule has 1 amide bonds. The van der Waals surface area contributed by atoms with Gasteiger partial charge in [-0.2, -0.15) is 0 Å². The van der Waals surface area contributed by atoms with Gasteiger partial charge in [0, 0.05) is 50.7 Å². The number of aromatic nitrogens is 3. The van der Waals surface area contributed by atoms with Gasteiger partial charge in [-0.25, -0.2) is 9.78 Å². The van der Waals surface area contributed by atoms with E-state index in [2.05, 4.69) is 25.1 Å². The Bertz CT molecular complexity index is 1310. The van der Waals surface area contributed by atoms with Crippen LogP contribution >= 0.6 is 11.3 Å². The molecule has 2 aliphatic rings. The molecule has 2 aliphatic heterocycles. The van der Waals surface area contributed by atoms with E-state index in [1.165, 1.54) is 18.4 Å². The van der Waals surface area contributed by atoms with Crippen LogP contribution in [0.1, 0.15) is 33.9 Å². The summed E-state index contributed by atoms with van der Waals surface area (Å²) in [6, 6.07) is 6.56. The van der Waals surface area contributed by atoms with Crippen molar-refractivity contribution in [2.75, 3.05) is 25.0 Å². The predicted molar refractivity (Wildman–Crippen MR) is 125 cm³/mol. The fourth-order valence-electron chi connectivity index (χ4n) is 4.98. The molecular formula is C22H26N6O3S. The number of pyridine rings is 1. The molecule has 0 radical (unpaired) electrons. The number of hydrogen-bond donors (Lipinski definition) is 2. The number of piperazine rings is 1. The molecule has 3 aromatic heterocycles. The highest BCUT2D eigenvalue weighted by atomic mass is 32.1. The molecule has 0 aliphatic carbocycles. The van der Waals surface area contributed by atoms with Crippen molar-refractivity contribution < 1.29 is 4.79 Å². The SMILES string of the molecule is CNC(=O)c1ccc(N2CC3CCC(C2)N3Cc2cc3[nH]c(=O)n(C)c(=O)c3s2)c(C)n1. The van der Waals surface area contributed by atoms with Crippen molar-refractivity contribution in [2.45, 2.75) is 38.4 Å². The summed E-state index contributed by atoms with van der Waals surface area (Å²) in [6.07, 6.45) is 2.26. The van der Waals surface area contributed by atoms with E-state index in [0.717, 1.165) is 53.3 Å². The number of aryl methyl sites for hydroxylation is 1. The van der Waals surface area contributed by atoms with Crippen LogP contribution in [0.3, 0.4) is 0 Å². The summed E-state index contributed by atoms with van der Waals surface area (Å²) in [4.78, 5) is 49.5. The van der Waals surface area contributed by atoms with Crippen molar-refractivity contribution in [3.05, 3.63) is 55.3 Å². The molecular weight excluding hydrogens is 428 g/mol. The van der Waals surface area contributed by atoms with Crippen molar-refractivity contribution in [1.82, 2.24) is 24.8 Å².